The molecule has 1 amide bonds. The average molecular weight is 336 g/mol. The third-order valence-electron chi connectivity index (χ3n) is 3.04. The highest BCUT2D eigenvalue weighted by atomic mass is 16.7. The van der Waals surface area contributed by atoms with Gasteiger partial charge in [0, 0.05) is 12.1 Å². The van der Waals surface area contributed by atoms with Gasteiger partial charge >= 0.3 is 11.9 Å². The Bertz CT molecular complexity index is 763. The third-order valence-corrected chi connectivity index (χ3v) is 3.04. The van der Waals surface area contributed by atoms with Gasteiger partial charge in [-0.15, -0.1) is 0 Å². The minimum Gasteiger partial charge on any atom is -0.447 e. The van der Waals surface area contributed by atoms with E-state index in [0.29, 0.717) is 5.82 Å². The predicted octanol–water partition coefficient (Wildman–Crippen LogP) is 2.15. The zero-order chi connectivity index (χ0) is 17.9. The van der Waals surface area contributed by atoms with Crippen LogP contribution in [0.5, 0.6) is 0 Å². The van der Waals surface area contributed by atoms with E-state index in [4.69, 9.17) is 9.15 Å². The Morgan fingerprint density at radius 3 is 2.62 bits per heavy atom. The average Bonchev–Trinajstić information content (AvgIpc) is 3.15. The van der Waals surface area contributed by atoms with Crippen LogP contribution >= 0.6 is 0 Å². The van der Waals surface area contributed by atoms with Crippen molar-refractivity contribution in [3.63, 3.8) is 0 Å². The standard InChI is InChI=1S/C14H16N4O6/c1-8(2)17-11(6-7-15-17)16-13(19)9(3)23-14(20)10-4-5-12(24-10)18(21)22/h4-9H,1-3H3,(H,16,19)/t9-/m1/s1. The van der Waals surface area contributed by atoms with E-state index >= 15 is 0 Å². The molecule has 2 rings (SSSR count). The molecule has 0 aliphatic carbocycles. The summed E-state index contributed by atoms with van der Waals surface area (Å²) < 4.78 is 11.3. The topological polar surface area (TPSA) is 130 Å². The lowest BCUT2D eigenvalue weighted by Gasteiger charge is -2.15. The number of amides is 1. The van der Waals surface area contributed by atoms with Crippen LogP contribution in [0.25, 0.3) is 0 Å². The number of hydrogen-bond acceptors (Lipinski definition) is 7. The summed E-state index contributed by atoms with van der Waals surface area (Å²) in [6.45, 7) is 5.17. The van der Waals surface area contributed by atoms with Crippen molar-refractivity contribution in [1.29, 1.82) is 0 Å². The fourth-order valence-electron chi connectivity index (χ4n) is 1.86. The number of nitrogens with zero attached hydrogens (tertiary/aromatic N) is 3. The molecule has 10 heteroatoms. The van der Waals surface area contributed by atoms with Gasteiger partial charge in [0.2, 0.25) is 5.76 Å². The van der Waals surface area contributed by atoms with Gasteiger partial charge in [0.1, 0.15) is 10.7 Å². The van der Waals surface area contributed by atoms with Crippen molar-refractivity contribution in [2.24, 2.45) is 0 Å². The van der Waals surface area contributed by atoms with Gasteiger partial charge in [0.25, 0.3) is 5.91 Å². The molecule has 0 bridgehead atoms. The molecule has 0 unspecified atom stereocenters. The molecule has 2 aromatic heterocycles. The minimum absolute atomic E-state index is 0.0387. The van der Waals surface area contributed by atoms with Gasteiger partial charge < -0.3 is 14.5 Å². The lowest BCUT2D eigenvalue weighted by Crippen LogP contribution is -2.31. The minimum atomic E-state index is -1.13. The quantitative estimate of drug-likeness (QED) is 0.486. The molecule has 0 radical (unpaired) electrons. The Morgan fingerprint density at radius 2 is 2.04 bits per heavy atom. The summed E-state index contributed by atoms with van der Waals surface area (Å²) in [4.78, 5) is 33.7. The van der Waals surface area contributed by atoms with E-state index in [1.54, 1.807) is 10.7 Å². The fraction of sp³-hybridized carbons (Fsp3) is 0.357. The molecule has 0 aromatic carbocycles. The van der Waals surface area contributed by atoms with E-state index in [-0.39, 0.29) is 11.8 Å². The second-order valence-corrected chi connectivity index (χ2v) is 5.19. The first-order valence-corrected chi connectivity index (χ1v) is 7.09. The number of anilines is 1. The van der Waals surface area contributed by atoms with Gasteiger partial charge in [0.05, 0.1) is 12.3 Å². The van der Waals surface area contributed by atoms with Gasteiger partial charge in [-0.3, -0.25) is 14.9 Å². The Morgan fingerprint density at radius 1 is 1.33 bits per heavy atom. The smallest absolute Gasteiger partial charge is 0.433 e. The van der Waals surface area contributed by atoms with Crippen molar-refractivity contribution in [2.75, 3.05) is 5.32 Å². The van der Waals surface area contributed by atoms with Crippen LogP contribution in [0, 0.1) is 10.1 Å². The predicted molar refractivity (Wildman–Crippen MR) is 81.5 cm³/mol. The Hall–Kier alpha value is -3.17. The normalized spacial score (nSPS) is 12.0. The number of carbonyl (C=O) groups excluding carboxylic acids is 2. The monoisotopic (exact) mass is 336 g/mol. The highest BCUT2D eigenvalue weighted by molar-refractivity contribution is 5.96. The molecular weight excluding hydrogens is 320 g/mol. The zero-order valence-corrected chi connectivity index (χ0v) is 13.3. The summed E-state index contributed by atoms with van der Waals surface area (Å²) in [5.41, 5.74) is 0. The van der Waals surface area contributed by atoms with E-state index in [2.05, 4.69) is 10.4 Å². The number of ether oxygens (including phenoxy) is 1. The SMILES string of the molecule is CC(C)n1nccc1NC(=O)[C@@H](C)OC(=O)c1ccc([N+](=O)[O-])o1. The number of carbonyl (C=O) groups is 2. The summed E-state index contributed by atoms with van der Waals surface area (Å²) in [6.07, 6.45) is 0.408. The van der Waals surface area contributed by atoms with Crippen LogP contribution < -0.4 is 5.32 Å². The number of furan rings is 1. The maximum Gasteiger partial charge on any atom is 0.433 e. The molecule has 10 nitrogen and oxygen atoms in total. The molecule has 0 aliphatic heterocycles. The summed E-state index contributed by atoms with van der Waals surface area (Å²) in [5, 5.41) is 17.2. The van der Waals surface area contributed by atoms with Gasteiger partial charge in [-0.1, -0.05) is 0 Å². The number of hydrogen-bond donors (Lipinski definition) is 1. The van der Waals surface area contributed by atoms with Crippen LogP contribution in [0.4, 0.5) is 11.7 Å². The Labute approximate surface area is 136 Å². The van der Waals surface area contributed by atoms with Crippen LogP contribution in [0.15, 0.2) is 28.8 Å². The maximum atomic E-state index is 12.1. The van der Waals surface area contributed by atoms with Crippen LogP contribution in [0.2, 0.25) is 0 Å². The second kappa shape index (κ2) is 6.94. The highest BCUT2D eigenvalue weighted by Crippen LogP contribution is 2.17. The van der Waals surface area contributed by atoms with E-state index in [0.717, 1.165) is 12.1 Å². The molecule has 128 valence electrons. The molecule has 0 saturated carbocycles. The van der Waals surface area contributed by atoms with Crippen molar-refractivity contribution in [3.8, 4) is 0 Å². The van der Waals surface area contributed by atoms with Gasteiger partial charge in [0.15, 0.2) is 6.10 Å². The van der Waals surface area contributed by atoms with Gasteiger partial charge in [-0.25, -0.2) is 9.48 Å². The van der Waals surface area contributed by atoms with E-state index in [9.17, 15) is 19.7 Å². The van der Waals surface area contributed by atoms with Crippen LogP contribution in [-0.2, 0) is 9.53 Å². The molecule has 2 aromatic rings. The summed E-state index contributed by atoms with van der Waals surface area (Å²) >= 11 is 0. The first-order chi connectivity index (χ1) is 11.3. The van der Waals surface area contributed by atoms with Crippen molar-refractivity contribution < 1.29 is 23.7 Å². The van der Waals surface area contributed by atoms with Crippen molar-refractivity contribution in [3.05, 3.63) is 40.3 Å². The summed E-state index contributed by atoms with van der Waals surface area (Å²) in [6, 6.07) is 3.79. The molecule has 0 spiro atoms. The molecule has 1 N–H and O–H groups in total. The summed E-state index contributed by atoms with van der Waals surface area (Å²) in [7, 11) is 0. The lowest BCUT2D eigenvalue weighted by atomic mass is 10.3. The molecule has 0 aliphatic rings. The van der Waals surface area contributed by atoms with Crippen molar-refractivity contribution in [1.82, 2.24) is 9.78 Å². The number of rotatable bonds is 6. The molecule has 1 atom stereocenters. The lowest BCUT2D eigenvalue weighted by molar-refractivity contribution is -0.402. The first-order valence-electron chi connectivity index (χ1n) is 7.09. The van der Waals surface area contributed by atoms with E-state index in [1.165, 1.54) is 13.1 Å². The number of nitro groups is 1. The van der Waals surface area contributed by atoms with Crippen LogP contribution in [0.3, 0.4) is 0 Å². The number of aromatic nitrogens is 2. The fourth-order valence-corrected chi connectivity index (χ4v) is 1.86. The summed E-state index contributed by atoms with van der Waals surface area (Å²) in [5.74, 6) is -2.00. The third kappa shape index (κ3) is 3.77. The highest BCUT2D eigenvalue weighted by Gasteiger charge is 2.24. The van der Waals surface area contributed by atoms with E-state index < -0.39 is 28.8 Å². The molecule has 0 fully saturated rings. The molecule has 24 heavy (non-hydrogen) atoms. The van der Waals surface area contributed by atoms with Gasteiger partial charge in [-0.05, 0) is 26.8 Å². The first kappa shape index (κ1) is 17.2. The maximum absolute atomic E-state index is 12.1. The Kier molecular flexibility index (Phi) is 4.97. The van der Waals surface area contributed by atoms with Crippen LogP contribution in [-0.4, -0.2) is 32.7 Å². The number of esters is 1. The van der Waals surface area contributed by atoms with Crippen molar-refractivity contribution >= 4 is 23.6 Å². The largest absolute Gasteiger partial charge is 0.447 e. The number of nitrogens with one attached hydrogen (secondary N) is 1. The van der Waals surface area contributed by atoms with Crippen LogP contribution in [0.1, 0.15) is 37.4 Å². The van der Waals surface area contributed by atoms with Crippen molar-refractivity contribution in [2.45, 2.75) is 32.9 Å². The Balaban J connectivity index is 1.99. The van der Waals surface area contributed by atoms with Gasteiger partial charge in [-0.2, -0.15) is 5.10 Å². The molecule has 2 heterocycles. The zero-order valence-electron chi connectivity index (χ0n) is 13.3. The molecular formula is C14H16N4O6. The van der Waals surface area contributed by atoms with E-state index in [1.807, 2.05) is 13.8 Å². The molecule has 0 saturated heterocycles. The second-order valence-electron chi connectivity index (χ2n) is 5.19.